The van der Waals surface area contributed by atoms with Gasteiger partial charge in [-0.05, 0) is 31.7 Å². The average Bonchev–Trinajstić information content (AvgIpc) is 2.33. The van der Waals surface area contributed by atoms with Crippen LogP contribution in [0.15, 0.2) is 24.3 Å². The van der Waals surface area contributed by atoms with Crippen LogP contribution >= 0.6 is 11.6 Å². The van der Waals surface area contributed by atoms with Crippen molar-refractivity contribution in [3.05, 3.63) is 34.9 Å². The second-order valence-electron chi connectivity index (χ2n) is 4.11. The SMILES string of the molecule is CC(c1cccc(Cl)c1)N(C)CCOCCN. The lowest BCUT2D eigenvalue weighted by atomic mass is 10.1. The Morgan fingerprint density at radius 1 is 1.41 bits per heavy atom. The number of nitrogens with zero attached hydrogens (tertiary/aromatic N) is 1. The summed E-state index contributed by atoms with van der Waals surface area (Å²) in [5.41, 5.74) is 6.58. The molecule has 0 fully saturated rings. The van der Waals surface area contributed by atoms with E-state index >= 15 is 0 Å². The molecule has 3 nitrogen and oxygen atoms in total. The molecule has 0 aromatic heterocycles. The van der Waals surface area contributed by atoms with E-state index in [0.717, 1.165) is 11.6 Å². The van der Waals surface area contributed by atoms with Crippen molar-refractivity contribution in [2.75, 3.05) is 33.4 Å². The molecule has 4 heteroatoms. The molecule has 0 aliphatic rings. The lowest BCUT2D eigenvalue weighted by Gasteiger charge is -2.25. The van der Waals surface area contributed by atoms with Gasteiger partial charge >= 0.3 is 0 Å². The molecule has 0 bridgehead atoms. The van der Waals surface area contributed by atoms with E-state index in [-0.39, 0.29) is 0 Å². The quantitative estimate of drug-likeness (QED) is 0.761. The highest BCUT2D eigenvalue weighted by atomic mass is 35.5. The van der Waals surface area contributed by atoms with E-state index in [1.54, 1.807) is 0 Å². The first-order valence-electron chi connectivity index (χ1n) is 5.88. The van der Waals surface area contributed by atoms with Crippen molar-refractivity contribution < 1.29 is 4.74 Å². The summed E-state index contributed by atoms with van der Waals surface area (Å²) < 4.78 is 5.37. The first kappa shape index (κ1) is 14.5. The van der Waals surface area contributed by atoms with Gasteiger partial charge in [0.2, 0.25) is 0 Å². The maximum atomic E-state index is 5.98. The lowest BCUT2D eigenvalue weighted by Crippen LogP contribution is -2.27. The Bertz CT molecular complexity index is 333. The van der Waals surface area contributed by atoms with Crippen LogP contribution in [-0.4, -0.2) is 38.3 Å². The average molecular weight is 257 g/mol. The standard InChI is InChI=1S/C13H21ClN2O/c1-11(12-4-3-5-13(14)10-12)16(2)7-9-17-8-6-15/h3-5,10-11H,6-9,15H2,1-2H3. The summed E-state index contributed by atoms with van der Waals surface area (Å²) in [5.74, 6) is 0. The van der Waals surface area contributed by atoms with Gasteiger partial charge in [-0.1, -0.05) is 23.7 Å². The molecular weight excluding hydrogens is 236 g/mol. The van der Waals surface area contributed by atoms with Crippen LogP contribution in [0.2, 0.25) is 5.02 Å². The van der Waals surface area contributed by atoms with Crippen LogP contribution < -0.4 is 5.73 Å². The molecule has 2 N–H and O–H groups in total. The number of benzene rings is 1. The van der Waals surface area contributed by atoms with Crippen LogP contribution in [0.25, 0.3) is 0 Å². The van der Waals surface area contributed by atoms with Gasteiger partial charge in [0.25, 0.3) is 0 Å². The van der Waals surface area contributed by atoms with Gasteiger partial charge in [0, 0.05) is 24.2 Å². The highest BCUT2D eigenvalue weighted by Gasteiger charge is 2.11. The maximum absolute atomic E-state index is 5.98. The van der Waals surface area contributed by atoms with Gasteiger partial charge < -0.3 is 10.5 Å². The number of ether oxygens (including phenoxy) is 1. The largest absolute Gasteiger partial charge is 0.379 e. The summed E-state index contributed by atoms with van der Waals surface area (Å²) in [6, 6.07) is 8.29. The zero-order valence-corrected chi connectivity index (χ0v) is 11.3. The van der Waals surface area contributed by atoms with Crippen LogP contribution in [0.3, 0.4) is 0 Å². The Hall–Kier alpha value is -0.610. The first-order valence-corrected chi connectivity index (χ1v) is 6.26. The van der Waals surface area contributed by atoms with Crippen molar-refractivity contribution in [3.63, 3.8) is 0 Å². The second kappa shape index (κ2) is 7.67. The van der Waals surface area contributed by atoms with Crippen LogP contribution in [0.5, 0.6) is 0 Å². The molecule has 0 heterocycles. The van der Waals surface area contributed by atoms with E-state index < -0.39 is 0 Å². The molecule has 96 valence electrons. The summed E-state index contributed by atoms with van der Waals surface area (Å²) in [7, 11) is 2.08. The Kier molecular flexibility index (Phi) is 6.52. The molecule has 0 saturated heterocycles. The molecular formula is C13H21ClN2O. The Morgan fingerprint density at radius 3 is 2.82 bits per heavy atom. The normalized spacial score (nSPS) is 13.0. The highest BCUT2D eigenvalue weighted by molar-refractivity contribution is 6.30. The first-order chi connectivity index (χ1) is 8.15. The van der Waals surface area contributed by atoms with Crippen molar-refractivity contribution in [2.24, 2.45) is 5.73 Å². The Balaban J connectivity index is 2.43. The molecule has 0 amide bonds. The van der Waals surface area contributed by atoms with Gasteiger partial charge in [0.05, 0.1) is 13.2 Å². The van der Waals surface area contributed by atoms with E-state index in [1.807, 2.05) is 18.2 Å². The summed E-state index contributed by atoms with van der Waals surface area (Å²) in [5, 5.41) is 0.780. The predicted molar refractivity (Wildman–Crippen MR) is 72.4 cm³/mol. The number of hydrogen-bond donors (Lipinski definition) is 1. The molecule has 0 radical (unpaired) electrons. The highest BCUT2D eigenvalue weighted by Crippen LogP contribution is 2.21. The van der Waals surface area contributed by atoms with Gasteiger partial charge in [-0.25, -0.2) is 0 Å². The predicted octanol–water partition coefficient (Wildman–Crippen LogP) is 2.31. The molecule has 0 aliphatic carbocycles. The molecule has 1 unspecified atom stereocenters. The molecule has 1 aromatic carbocycles. The summed E-state index contributed by atoms with van der Waals surface area (Å²) in [6.45, 7) is 4.95. The van der Waals surface area contributed by atoms with E-state index in [9.17, 15) is 0 Å². The zero-order chi connectivity index (χ0) is 12.7. The number of rotatable bonds is 7. The minimum absolute atomic E-state index is 0.329. The molecule has 0 aliphatic heterocycles. The fraction of sp³-hybridized carbons (Fsp3) is 0.538. The van der Waals surface area contributed by atoms with Crippen LogP contribution in [0.1, 0.15) is 18.5 Å². The van der Waals surface area contributed by atoms with Gasteiger partial charge in [-0.2, -0.15) is 0 Å². The smallest absolute Gasteiger partial charge is 0.0594 e. The van der Waals surface area contributed by atoms with Crippen LogP contribution in [0, 0.1) is 0 Å². The zero-order valence-electron chi connectivity index (χ0n) is 10.5. The monoisotopic (exact) mass is 256 g/mol. The van der Waals surface area contributed by atoms with Crippen molar-refractivity contribution >= 4 is 11.6 Å². The third kappa shape index (κ3) is 5.04. The van der Waals surface area contributed by atoms with Crippen LogP contribution in [-0.2, 0) is 4.74 Å². The molecule has 1 aromatic rings. The Morgan fingerprint density at radius 2 is 2.18 bits per heavy atom. The van der Waals surface area contributed by atoms with E-state index in [4.69, 9.17) is 22.1 Å². The van der Waals surface area contributed by atoms with Crippen LogP contribution in [0.4, 0.5) is 0 Å². The van der Waals surface area contributed by atoms with Crippen molar-refractivity contribution in [1.29, 1.82) is 0 Å². The second-order valence-corrected chi connectivity index (χ2v) is 4.55. The van der Waals surface area contributed by atoms with Gasteiger partial charge in [-0.15, -0.1) is 0 Å². The summed E-state index contributed by atoms with van der Waals surface area (Å²) in [6.07, 6.45) is 0. The number of likely N-dealkylation sites (N-methyl/N-ethyl adjacent to an activating group) is 1. The van der Waals surface area contributed by atoms with Gasteiger partial charge in [0.15, 0.2) is 0 Å². The van der Waals surface area contributed by atoms with E-state index in [1.165, 1.54) is 5.56 Å². The fourth-order valence-electron chi connectivity index (χ4n) is 1.61. The van der Waals surface area contributed by atoms with Crippen molar-refractivity contribution in [2.45, 2.75) is 13.0 Å². The van der Waals surface area contributed by atoms with Gasteiger partial charge in [-0.3, -0.25) is 4.90 Å². The third-order valence-electron chi connectivity index (χ3n) is 2.84. The minimum Gasteiger partial charge on any atom is -0.379 e. The minimum atomic E-state index is 0.329. The summed E-state index contributed by atoms with van der Waals surface area (Å²) in [4.78, 5) is 2.24. The van der Waals surface area contributed by atoms with Crippen molar-refractivity contribution in [1.82, 2.24) is 4.90 Å². The topological polar surface area (TPSA) is 38.5 Å². The lowest BCUT2D eigenvalue weighted by molar-refractivity contribution is 0.106. The molecule has 0 spiro atoms. The number of hydrogen-bond acceptors (Lipinski definition) is 3. The molecule has 1 rings (SSSR count). The van der Waals surface area contributed by atoms with Crippen molar-refractivity contribution in [3.8, 4) is 0 Å². The number of halogens is 1. The number of nitrogens with two attached hydrogens (primary N) is 1. The molecule has 0 saturated carbocycles. The van der Waals surface area contributed by atoms with E-state index in [2.05, 4.69) is 24.9 Å². The van der Waals surface area contributed by atoms with E-state index in [0.29, 0.717) is 25.8 Å². The van der Waals surface area contributed by atoms with Gasteiger partial charge in [0.1, 0.15) is 0 Å². The molecule has 1 atom stereocenters. The third-order valence-corrected chi connectivity index (χ3v) is 3.08. The summed E-state index contributed by atoms with van der Waals surface area (Å²) >= 11 is 5.98. The fourth-order valence-corrected chi connectivity index (χ4v) is 1.81. The molecule has 17 heavy (non-hydrogen) atoms. The Labute approximate surface area is 109 Å². The maximum Gasteiger partial charge on any atom is 0.0594 e.